The first kappa shape index (κ1) is 16.2. The van der Waals surface area contributed by atoms with Crippen LogP contribution in [0.1, 0.15) is 43.7 Å². The molecule has 2 aliphatic rings. The Morgan fingerprint density at radius 3 is 3.04 bits per heavy atom. The lowest BCUT2D eigenvalue weighted by Crippen LogP contribution is -2.35. The van der Waals surface area contributed by atoms with Crippen LogP contribution in [0.2, 0.25) is 0 Å². The minimum absolute atomic E-state index is 0.0704. The van der Waals surface area contributed by atoms with Gasteiger partial charge in [0.2, 0.25) is 5.96 Å². The Kier molecular flexibility index (Phi) is 4.90. The molecule has 1 fully saturated rings. The molecule has 1 saturated heterocycles. The minimum atomic E-state index is 0.0704. The Labute approximate surface area is 142 Å². The summed E-state index contributed by atoms with van der Waals surface area (Å²) in [7, 11) is 1.65. The first-order valence-corrected chi connectivity index (χ1v) is 8.21. The van der Waals surface area contributed by atoms with Gasteiger partial charge in [-0.2, -0.15) is 9.98 Å². The van der Waals surface area contributed by atoms with Crippen LogP contribution in [0.4, 0.5) is 0 Å². The standard InChI is InChI=1S/C18H22N4O2/c1-24-16-9-8-13(23)12-14(16)15-6-3-2-4-11-22(15)17-7-5-10-20-18(19)21-17/h8-9,12,15,23H,2-4,6-7,11H2,1H3,(H2,19,20)/t15-/m1/s1. The molecule has 1 aromatic carbocycles. The van der Waals surface area contributed by atoms with Crippen molar-refractivity contribution in [3.05, 3.63) is 23.8 Å². The molecule has 0 bridgehead atoms. The van der Waals surface area contributed by atoms with E-state index in [1.807, 2.05) is 0 Å². The number of benzene rings is 1. The summed E-state index contributed by atoms with van der Waals surface area (Å²) in [6, 6.07) is 7.97. The number of phenolic OH excluding ortho intramolecular Hbond substituents is 1. The van der Waals surface area contributed by atoms with E-state index < -0.39 is 0 Å². The van der Waals surface area contributed by atoms with Gasteiger partial charge in [0.15, 0.2) is 0 Å². The molecule has 1 atom stereocenters. The van der Waals surface area contributed by atoms with Crippen molar-refractivity contribution in [2.75, 3.05) is 13.7 Å². The molecule has 0 amide bonds. The number of methoxy groups -OCH3 is 1. The normalized spacial score (nSPS) is 20.9. The first-order chi connectivity index (χ1) is 11.7. The Morgan fingerprint density at radius 2 is 2.21 bits per heavy atom. The number of likely N-dealkylation sites (tertiary alicyclic amines) is 1. The van der Waals surface area contributed by atoms with Crippen LogP contribution in [-0.2, 0) is 0 Å². The molecular weight excluding hydrogens is 304 g/mol. The molecule has 0 radical (unpaired) electrons. The van der Waals surface area contributed by atoms with Crippen molar-refractivity contribution in [1.82, 2.24) is 4.90 Å². The molecule has 6 heteroatoms. The second-order valence-corrected chi connectivity index (χ2v) is 5.95. The number of nitrogens with two attached hydrogens (primary N) is 1. The van der Waals surface area contributed by atoms with E-state index in [1.54, 1.807) is 25.3 Å². The van der Waals surface area contributed by atoms with E-state index in [9.17, 15) is 5.11 Å². The van der Waals surface area contributed by atoms with Crippen LogP contribution < -0.4 is 10.5 Å². The fraction of sp³-hybridized carbons (Fsp3) is 0.444. The van der Waals surface area contributed by atoms with Gasteiger partial charge in [-0.3, -0.25) is 0 Å². The maximum absolute atomic E-state index is 9.95. The van der Waals surface area contributed by atoms with Crippen molar-refractivity contribution in [3.8, 4) is 23.5 Å². The van der Waals surface area contributed by atoms with Gasteiger partial charge in [-0.1, -0.05) is 18.8 Å². The van der Waals surface area contributed by atoms with Gasteiger partial charge in [-0.15, -0.1) is 0 Å². The number of rotatable bonds is 2. The average molecular weight is 326 g/mol. The Bertz CT molecular complexity index is 730. The molecule has 2 aliphatic heterocycles. The molecule has 6 nitrogen and oxygen atoms in total. The maximum Gasteiger partial charge on any atom is 0.230 e. The van der Waals surface area contributed by atoms with E-state index in [1.165, 1.54) is 0 Å². The predicted molar refractivity (Wildman–Crippen MR) is 94.0 cm³/mol. The first-order valence-electron chi connectivity index (χ1n) is 8.21. The van der Waals surface area contributed by atoms with Crippen molar-refractivity contribution in [3.63, 3.8) is 0 Å². The van der Waals surface area contributed by atoms with Crippen LogP contribution in [-0.4, -0.2) is 35.5 Å². The molecule has 0 saturated carbocycles. The molecule has 2 heterocycles. The van der Waals surface area contributed by atoms with Crippen LogP contribution in [0.5, 0.6) is 11.5 Å². The topological polar surface area (TPSA) is 83.4 Å². The third kappa shape index (κ3) is 3.46. The molecule has 126 valence electrons. The van der Waals surface area contributed by atoms with Gasteiger partial charge in [0.1, 0.15) is 17.3 Å². The molecule has 3 N–H and O–H groups in total. The highest BCUT2D eigenvalue weighted by Crippen LogP contribution is 2.37. The van der Waals surface area contributed by atoms with Gasteiger partial charge in [-0.25, -0.2) is 0 Å². The number of nitrogens with zero attached hydrogens (tertiary/aromatic N) is 3. The predicted octanol–water partition coefficient (Wildman–Crippen LogP) is 2.40. The lowest BCUT2D eigenvalue weighted by molar-refractivity contribution is 0.304. The second kappa shape index (κ2) is 7.26. The summed E-state index contributed by atoms with van der Waals surface area (Å²) in [5, 5.41) is 9.95. The third-order valence-electron chi connectivity index (χ3n) is 4.40. The smallest absolute Gasteiger partial charge is 0.230 e. The lowest BCUT2D eigenvalue weighted by Gasteiger charge is -2.33. The summed E-state index contributed by atoms with van der Waals surface area (Å²) in [5.41, 5.74) is 6.77. The van der Waals surface area contributed by atoms with Gasteiger partial charge in [0, 0.05) is 18.2 Å². The maximum atomic E-state index is 9.95. The monoisotopic (exact) mass is 326 g/mol. The number of guanidine groups is 1. The van der Waals surface area contributed by atoms with Gasteiger partial charge >= 0.3 is 0 Å². The number of phenols is 1. The van der Waals surface area contributed by atoms with E-state index in [-0.39, 0.29) is 17.8 Å². The van der Waals surface area contributed by atoms with Gasteiger partial charge < -0.3 is 20.5 Å². The quantitative estimate of drug-likeness (QED) is 0.818. The van der Waals surface area contributed by atoms with Gasteiger partial charge in [0.05, 0.1) is 19.6 Å². The van der Waals surface area contributed by atoms with Crippen molar-refractivity contribution in [1.29, 1.82) is 0 Å². The molecule has 0 aromatic heterocycles. The summed E-state index contributed by atoms with van der Waals surface area (Å²) in [6.07, 6.45) is 4.84. The highest BCUT2D eigenvalue weighted by atomic mass is 16.5. The summed E-state index contributed by atoms with van der Waals surface area (Å²) in [6.45, 7) is 0.872. The fourth-order valence-electron chi connectivity index (χ4n) is 3.30. The van der Waals surface area contributed by atoms with Gasteiger partial charge in [0.25, 0.3) is 0 Å². The summed E-state index contributed by atoms with van der Waals surface area (Å²) in [4.78, 5) is 10.6. The van der Waals surface area contributed by atoms with E-state index in [4.69, 9.17) is 10.5 Å². The Hall–Kier alpha value is -2.68. The third-order valence-corrected chi connectivity index (χ3v) is 4.40. The number of ether oxygens (including phenoxy) is 1. The van der Waals surface area contributed by atoms with Gasteiger partial charge in [-0.05, 0) is 31.0 Å². The Morgan fingerprint density at radius 1 is 1.33 bits per heavy atom. The summed E-state index contributed by atoms with van der Waals surface area (Å²) >= 11 is 0. The zero-order chi connectivity index (χ0) is 16.9. The van der Waals surface area contributed by atoms with Crippen LogP contribution in [0.3, 0.4) is 0 Å². The van der Waals surface area contributed by atoms with Crippen LogP contribution in [0, 0.1) is 12.0 Å². The highest BCUT2D eigenvalue weighted by molar-refractivity contribution is 5.97. The Balaban J connectivity index is 2.02. The number of amidine groups is 1. The number of hydrogen-bond donors (Lipinski definition) is 2. The summed E-state index contributed by atoms with van der Waals surface area (Å²) in [5.74, 6) is 5.02. The molecule has 0 spiro atoms. The SMILES string of the molecule is COc1ccc(O)cc1[C@H]1CCCCCN1C1=NC(N)=NC#CC1. The van der Waals surface area contributed by atoms with E-state index >= 15 is 0 Å². The summed E-state index contributed by atoms with van der Waals surface area (Å²) < 4.78 is 5.52. The fourth-order valence-corrected chi connectivity index (χ4v) is 3.30. The largest absolute Gasteiger partial charge is 0.508 e. The number of hydrogen-bond acceptors (Lipinski definition) is 6. The van der Waals surface area contributed by atoms with E-state index in [0.717, 1.165) is 49.4 Å². The molecular formula is C18H22N4O2. The van der Waals surface area contributed by atoms with Crippen LogP contribution in [0.15, 0.2) is 28.2 Å². The number of aliphatic imine (C=N–C) groups is 2. The van der Waals surface area contributed by atoms with E-state index in [2.05, 4.69) is 26.8 Å². The van der Waals surface area contributed by atoms with Crippen LogP contribution in [0.25, 0.3) is 0 Å². The van der Waals surface area contributed by atoms with Crippen molar-refractivity contribution in [2.24, 2.45) is 15.7 Å². The van der Waals surface area contributed by atoms with Crippen LogP contribution >= 0.6 is 0 Å². The highest BCUT2D eigenvalue weighted by Gasteiger charge is 2.28. The zero-order valence-corrected chi connectivity index (χ0v) is 13.8. The minimum Gasteiger partial charge on any atom is -0.508 e. The zero-order valence-electron chi connectivity index (χ0n) is 13.8. The molecule has 0 aliphatic carbocycles. The molecule has 1 aromatic rings. The van der Waals surface area contributed by atoms with E-state index in [0.29, 0.717) is 6.42 Å². The van der Waals surface area contributed by atoms with Crippen molar-refractivity contribution >= 4 is 11.8 Å². The molecule has 3 rings (SSSR count). The second-order valence-electron chi connectivity index (χ2n) is 5.95. The molecule has 24 heavy (non-hydrogen) atoms. The van der Waals surface area contributed by atoms with Crippen molar-refractivity contribution < 1.29 is 9.84 Å². The molecule has 0 unspecified atom stereocenters. The lowest BCUT2D eigenvalue weighted by atomic mass is 9.99. The van der Waals surface area contributed by atoms with Crippen molar-refractivity contribution in [2.45, 2.75) is 38.1 Å². The number of aromatic hydroxyl groups is 1. The average Bonchev–Trinajstić information content (AvgIpc) is 2.94.